The van der Waals surface area contributed by atoms with Crippen LogP contribution in [0.15, 0.2) is 42.5 Å². The van der Waals surface area contributed by atoms with Gasteiger partial charge < -0.3 is 20.3 Å². The van der Waals surface area contributed by atoms with Crippen molar-refractivity contribution < 1.29 is 19.1 Å². The van der Waals surface area contributed by atoms with Crippen LogP contribution >= 0.6 is 11.6 Å². The zero-order chi connectivity index (χ0) is 21.0. The Hall–Kier alpha value is -3.06. The maximum atomic E-state index is 12.8. The van der Waals surface area contributed by atoms with Crippen LogP contribution in [0, 0.1) is 0 Å². The average molecular weight is 416 g/mol. The molecule has 2 N–H and O–H groups in total. The number of anilines is 2. The van der Waals surface area contributed by atoms with Crippen LogP contribution in [0.4, 0.5) is 16.2 Å². The second kappa shape index (κ2) is 8.96. The fourth-order valence-electron chi connectivity index (χ4n) is 3.29. The molecule has 7 nitrogen and oxygen atoms in total. The van der Waals surface area contributed by atoms with Crippen LogP contribution in [0.2, 0.25) is 5.02 Å². The fourth-order valence-corrected chi connectivity index (χ4v) is 3.46. The Balaban J connectivity index is 1.71. The second-order valence-electron chi connectivity index (χ2n) is 6.75. The van der Waals surface area contributed by atoms with Crippen molar-refractivity contribution in [1.29, 1.82) is 0 Å². The number of benzene rings is 2. The van der Waals surface area contributed by atoms with Gasteiger partial charge in [-0.15, -0.1) is 0 Å². The summed E-state index contributed by atoms with van der Waals surface area (Å²) in [7, 11) is 1.50. The first-order valence-electron chi connectivity index (χ1n) is 9.22. The first kappa shape index (κ1) is 20.7. The molecule has 0 aliphatic carbocycles. The largest absolute Gasteiger partial charge is 0.495 e. The van der Waals surface area contributed by atoms with Crippen molar-refractivity contribution in [1.82, 2.24) is 4.90 Å². The molecule has 8 heteroatoms. The SMILES string of the molecule is COc1ccc(Cl)cc1NC(=O)C1CCCN1C(=O)Nc1cccc(C(C)=O)c1. The standard InChI is InChI=1S/C21H22ClN3O4/c1-13(26)14-5-3-6-16(11-14)23-21(28)25-10-4-7-18(25)20(27)24-17-12-15(22)8-9-19(17)29-2/h3,5-6,8-9,11-12,18H,4,7,10H2,1-2H3,(H,23,28)(H,24,27). The Bertz CT molecular complexity index is 947. The topological polar surface area (TPSA) is 87.7 Å². The Morgan fingerprint density at radius 2 is 1.93 bits per heavy atom. The highest BCUT2D eigenvalue weighted by atomic mass is 35.5. The predicted octanol–water partition coefficient (Wildman–Crippen LogP) is 4.19. The molecule has 152 valence electrons. The molecule has 1 heterocycles. The molecule has 29 heavy (non-hydrogen) atoms. The van der Waals surface area contributed by atoms with E-state index in [1.54, 1.807) is 42.5 Å². The van der Waals surface area contributed by atoms with Crippen LogP contribution in [0.3, 0.4) is 0 Å². The molecule has 0 spiro atoms. The number of nitrogens with one attached hydrogen (secondary N) is 2. The normalized spacial score (nSPS) is 15.7. The average Bonchev–Trinajstić information content (AvgIpc) is 3.18. The van der Waals surface area contributed by atoms with Gasteiger partial charge >= 0.3 is 6.03 Å². The third-order valence-electron chi connectivity index (χ3n) is 4.76. The van der Waals surface area contributed by atoms with Gasteiger partial charge in [0.2, 0.25) is 5.91 Å². The van der Waals surface area contributed by atoms with Crippen LogP contribution in [0.25, 0.3) is 0 Å². The molecule has 1 fully saturated rings. The summed E-state index contributed by atoms with van der Waals surface area (Å²) >= 11 is 6.02. The highest BCUT2D eigenvalue weighted by Gasteiger charge is 2.34. The minimum atomic E-state index is -0.616. The number of rotatable bonds is 5. The van der Waals surface area contributed by atoms with E-state index in [1.807, 2.05) is 0 Å². The molecule has 0 radical (unpaired) electrons. The third-order valence-corrected chi connectivity index (χ3v) is 4.99. The Morgan fingerprint density at radius 1 is 1.14 bits per heavy atom. The molecule has 1 unspecified atom stereocenters. The summed E-state index contributed by atoms with van der Waals surface area (Å²) < 4.78 is 5.25. The maximum Gasteiger partial charge on any atom is 0.322 e. The zero-order valence-corrected chi connectivity index (χ0v) is 17.0. The van der Waals surface area contributed by atoms with Crippen LogP contribution in [0.5, 0.6) is 5.75 Å². The van der Waals surface area contributed by atoms with Crippen LogP contribution < -0.4 is 15.4 Å². The number of methoxy groups -OCH3 is 1. The van der Waals surface area contributed by atoms with Crippen LogP contribution in [0.1, 0.15) is 30.1 Å². The molecule has 0 saturated carbocycles. The van der Waals surface area contributed by atoms with Crippen molar-refractivity contribution in [2.45, 2.75) is 25.8 Å². The minimum Gasteiger partial charge on any atom is -0.495 e. The number of carbonyl (C=O) groups is 3. The first-order chi connectivity index (χ1) is 13.9. The van der Waals surface area contributed by atoms with E-state index in [9.17, 15) is 14.4 Å². The molecule has 0 aromatic heterocycles. The van der Waals surface area contributed by atoms with Crippen molar-refractivity contribution >= 4 is 40.7 Å². The maximum absolute atomic E-state index is 12.8. The smallest absolute Gasteiger partial charge is 0.322 e. The van der Waals surface area contributed by atoms with Crippen LogP contribution in [-0.2, 0) is 4.79 Å². The Kier molecular flexibility index (Phi) is 6.39. The lowest BCUT2D eigenvalue weighted by Crippen LogP contribution is -2.45. The van der Waals surface area contributed by atoms with Gasteiger partial charge in [0, 0.05) is 22.8 Å². The van der Waals surface area contributed by atoms with E-state index < -0.39 is 6.04 Å². The van der Waals surface area contributed by atoms with Gasteiger partial charge in [0.1, 0.15) is 11.8 Å². The minimum absolute atomic E-state index is 0.0880. The van der Waals surface area contributed by atoms with Gasteiger partial charge in [-0.1, -0.05) is 23.7 Å². The van der Waals surface area contributed by atoms with E-state index in [4.69, 9.17) is 16.3 Å². The van der Waals surface area contributed by atoms with Gasteiger partial charge in [0.15, 0.2) is 5.78 Å². The highest BCUT2D eigenvalue weighted by molar-refractivity contribution is 6.31. The summed E-state index contributed by atoms with van der Waals surface area (Å²) in [5, 5.41) is 6.04. The molecule has 2 aromatic rings. The number of hydrogen-bond acceptors (Lipinski definition) is 4. The summed E-state index contributed by atoms with van der Waals surface area (Å²) in [6, 6.07) is 10.6. The lowest BCUT2D eigenvalue weighted by Gasteiger charge is -2.24. The molecule has 1 aliphatic rings. The predicted molar refractivity (Wildman–Crippen MR) is 112 cm³/mol. The molecular weight excluding hydrogens is 394 g/mol. The number of ketones is 1. The van der Waals surface area contributed by atoms with E-state index in [0.29, 0.717) is 47.1 Å². The number of carbonyl (C=O) groups excluding carboxylic acids is 3. The second-order valence-corrected chi connectivity index (χ2v) is 7.19. The quantitative estimate of drug-likeness (QED) is 0.717. The lowest BCUT2D eigenvalue weighted by atomic mass is 10.1. The Morgan fingerprint density at radius 3 is 2.66 bits per heavy atom. The number of nitrogens with zero attached hydrogens (tertiary/aromatic N) is 1. The van der Waals surface area contributed by atoms with Crippen molar-refractivity contribution in [3.05, 3.63) is 53.1 Å². The van der Waals surface area contributed by atoms with Crippen molar-refractivity contribution in [3.8, 4) is 5.75 Å². The zero-order valence-electron chi connectivity index (χ0n) is 16.2. The van der Waals surface area contributed by atoms with E-state index in [2.05, 4.69) is 10.6 Å². The van der Waals surface area contributed by atoms with Gasteiger partial charge in [-0.05, 0) is 50.1 Å². The van der Waals surface area contributed by atoms with E-state index >= 15 is 0 Å². The summed E-state index contributed by atoms with van der Waals surface area (Å²) in [5.74, 6) is 0.0866. The van der Waals surface area contributed by atoms with Gasteiger partial charge in [0.25, 0.3) is 0 Å². The molecule has 1 atom stereocenters. The van der Waals surface area contributed by atoms with Crippen molar-refractivity contribution in [3.63, 3.8) is 0 Å². The number of amides is 3. The molecule has 3 amide bonds. The van der Waals surface area contributed by atoms with Crippen molar-refractivity contribution in [2.24, 2.45) is 0 Å². The molecule has 1 saturated heterocycles. The highest BCUT2D eigenvalue weighted by Crippen LogP contribution is 2.29. The monoisotopic (exact) mass is 415 g/mol. The first-order valence-corrected chi connectivity index (χ1v) is 9.60. The third kappa shape index (κ3) is 4.86. The Labute approximate surface area is 174 Å². The molecule has 3 rings (SSSR count). The van der Waals surface area contributed by atoms with E-state index in [0.717, 1.165) is 0 Å². The number of Topliss-reactive ketones (excluding diaryl/α,β-unsaturated/α-hetero) is 1. The van der Waals surface area contributed by atoms with Gasteiger partial charge in [-0.25, -0.2) is 4.79 Å². The fraction of sp³-hybridized carbons (Fsp3) is 0.286. The number of likely N-dealkylation sites (tertiary alicyclic amines) is 1. The van der Waals surface area contributed by atoms with Gasteiger partial charge in [0.05, 0.1) is 12.8 Å². The summed E-state index contributed by atoms with van der Waals surface area (Å²) in [5.41, 5.74) is 1.46. The number of ether oxygens (including phenoxy) is 1. The van der Waals surface area contributed by atoms with Gasteiger partial charge in [-0.3, -0.25) is 9.59 Å². The van der Waals surface area contributed by atoms with Gasteiger partial charge in [-0.2, -0.15) is 0 Å². The molecule has 1 aliphatic heterocycles. The molecule has 2 aromatic carbocycles. The van der Waals surface area contributed by atoms with Crippen LogP contribution in [-0.4, -0.2) is 42.3 Å². The number of urea groups is 1. The van der Waals surface area contributed by atoms with E-state index in [-0.39, 0.29) is 17.7 Å². The number of hydrogen-bond donors (Lipinski definition) is 2. The van der Waals surface area contributed by atoms with Crippen molar-refractivity contribution in [2.75, 3.05) is 24.3 Å². The van der Waals surface area contributed by atoms with E-state index in [1.165, 1.54) is 18.9 Å². The summed E-state index contributed by atoms with van der Waals surface area (Å²) in [6.45, 7) is 1.93. The summed E-state index contributed by atoms with van der Waals surface area (Å²) in [6.07, 6.45) is 1.27. The summed E-state index contributed by atoms with van der Waals surface area (Å²) in [4.78, 5) is 38.6. The molecular formula is C21H22ClN3O4. The molecule has 0 bridgehead atoms. The number of halogens is 1. The lowest BCUT2D eigenvalue weighted by molar-refractivity contribution is -0.119.